The number of nitrogens with zero attached hydrogens (tertiary/aromatic N) is 4. The number of ether oxygens (including phenoxy) is 1. The molecule has 0 radical (unpaired) electrons. The van der Waals surface area contributed by atoms with Crippen molar-refractivity contribution in [1.29, 1.82) is 0 Å². The van der Waals surface area contributed by atoms with E-state index in [9.17, 15) is 24.5 Å². The van der Waals surface area contributed by atoms with Crippen LogP contribution in [0.2, 0.25) is 0 Å². The van der Waals surface area contributed by atoms with E-state index in [1.165, 1.54) is 17.9 Å². The molecule has 0 spiro atoms. The molecule has 2 N–H and O–H groups in total. The second-order valence-electron chi connectivity index (χ2n) is 10.4. The largest absolute Gasteiger partial charge is 0.442 e. The van der Waals surface area contributed by atoms with E-state index in [1.54, 1.807) is 18.2 Å². The van der Waals surface area contributed by atoms with Gasteiger partial charge in [0.15, 0.2) is 0 Å². The Bertz CT molecular complexity index is 1290. The van der Waals surface area contributed by atoms with Crippen LogP contribution in [0.15, 0.2) is 24.3 Å². The molecule has 2 fully saturated rings. The van der Waals surface area contributed by atoms with Gasteiger partial charge in [-0.2, -0.15) is 0 Å². The molecule has 12 nitrogen and oxygen atoms in total. The molecule has 0 aliphatic carbocycles. The summed E-state index contributed by atoms with van der Waals surface area (Å²) in [4.78, 5) is 52.4. The van der Waals surface area contributed by atoms with E-state index in [0.717, 1.165) is 11.3 Å². The maximum atomic E-state index is 15.2. The third kappa shape index (κ3) is 6.56. The lowest BCUT2D eigenvalue weighted by Crippen LogP contribution is -2.47. The van der Waals surface area contributed by atoms with Crippen LogP contribution in [0.4, 0.5) is 31.2 Å². The molecule has 2 aliphatic rings. The number of benzene rings is 1. The Hall–Kier alpha value is -3.94. The molecular formula is C25H31FN6O6S. The van der Waals surface area contributed by atoms with Crippen molar-refractivity contribution in [1.82, 2.24) is 10.6 Å². The minimum absolute atomic E-state index is 0.104. The number of carbonyl (C=O) groups excluding carboxylic acids is 3. The van der Waals surface area contributed by atoms with Crippen LogP contribution in [-0.2, 0) is 9.53 Å². The highest BCUT2D eigenvalue weighted by molar-refractivity contribution is 7.17. The normalized spacial score (nSPS) is 17.7. The summed E-state index contributed by atoms with van der Waals surface area (Å²) in [5, 5.41) is 17.0. The van der Waals surface area contributed by atoms with Gasteiger partial charge in [-0.25, -0.2) is 9.18 Å². The molecule has 0 saturated carbocycles. The molecule has 0 bridgehead atoms. The number of amides is 3. The molecule has 39 heavy (non-hydrogen) atoms. The highest BCUT2D eigenvalue weighted by Crippen LogP contribution is 2.38. The van der Waals surface area contributed by atoms with E-state index in [-0.39, 0.29) is 34.8 Å². The van der Waals surface area contributed by atoms with Crippen LogP contribution in [0.25, 0.3) is 0 Å². The fourth-order valence-electron chi connectivity index (χ4n) is 4.45. The van der Waals surface area contributed by atoms with Crippen LogP contribution in [0.1, 0.15) is 37.4 Å². The van der Waals surface area contributed by atoms with Gasteiger partial charge >= 0.3 is 11.1 Å². The standard InChI is InChI=1S/C25H31FN6O6S/c1-15(33)27-13-17-14-31(24(35)38-17)16-5-6-19(18(26)11-16)29-7-9-30(10-8-29)20-12-21(39-23(20)32(36)37)22(34)28-25(2,3)4/h5-6,11-12,17H,7-10,13-14H2,1-4H3,(H,27,33)(H,28,34)/t17-/m0/s1. The van der Waals surface area contributed by atoms with Gasteiger partial charge in [0.1, 0.15) is 22.5 Å². The molecule has 2 saturated heterocycles. The number of halogens is 1. The lowest BCUT2D eigenvalue weighted by Gasteiger charge is -2.36. The summed E-state index contributed by atoms with van der Waals surface area (Å²) >= 11 is 0.839. The summed E-state index contributed by atoms with van der Waals surface area (Å²) in [5.74, 6) is -1.12. The average Bonchev–Trinajstić information content (AvgIpc) is 3.46. The third-order valence-electron chi connectivity index (χ3n) is 6.23. The highest BCUT2D eigenvalue weighted by atomic mass is 32.1. The third-order valence-corrected chi connectivity index (χ3v) is 7.30. The van der Waals surface area contributed by atoms with Gasteiger partial charge in [-0.1, -0.05) is 11.3 Å². The second kappa shape index (κ2) is 11.0. The molecule has 3 amide bonds. The molecule has 0 unspecified atom stereocenters. The number of cyclic esters (lactones) is 1. The van der Waals surface area contributed by atoms with Gasteiger partial charge in [-0.3, -0.25) is 24.6 Å². The summed E-state index contributed by atoms with van der Waals surface area (Å²) < 4.78 is 20.4. The molecule has 1 aromatic carbocycles. The van der Waals surface area contributed by atoms with Crippen molar-refractivity contribution in [2.24, 2.45) is 0 Å². The summed E-state index contributed by atoms with van der Waals surface area (Å²) in [6.07, 6.45) is -1.14. The van der Waals surface area contributed by atoms with Crippen molar-refractivity contribution in [2.75, 3.05) is 54.0 Å². The Morgan fingerprint density at radius 3 is 2.36 bits per heavy atom. The van der Waals surface area contributed by atoms with Crippen LogP contribution in [0, 0.1) is 15.9 Å². The van der Waals surface area contributed by atoms with Gasteiger partial charge in [-0.15, -0.1) is 0 Å². The number of carbonyl (C=O) groups is 3. The zero-order valence-corrected chi connectivity index (χ0v) is 23.0. The Morgan fingerprint density at radius 1 is 1.15 bits per heavy atom. The molecule has 1 aromatic heterocycles. The second-order valence-corrected chi connectivity index (χ2v) is 11.5. The number of piperazine rings is 1. The summed E-state index contributed by atoms with van der Waals surface area (Å²) in [6, 6.07) is 6.05. The summed E-state index contributed by atoms with van der Waals surface area (Å²) in [7, 11) is 0. The van der Waals surface area contributed by atoms with E-state index in [0.29, 0.717) is 43.2 Å². The maximum absolute atomic E-state index is 15.2. The Kier molecular flexibility index (Phi) is 7.95. The quantitative estimate of drug-likeness (QED) is 0.388. The lowest BCUT2D eigenvalue weighted by molar-refractivity contribution is -0.379. The molecule has 210 valence electrons. The molecule has 4 rings (SSSR count). The molecule has 3 heterocycles. The smallest absolute Gasteiger partial charge is 0.414 e. The maximum Gasteiger partial charge on any atom is 0.414 e. The molecule has 1 atom stereocenters. The van der Waals surface area contributed by atoms with Gasteiger partial charge in [0.25, 0.3) is 5.91 Å². The van der Waals surface area contributed by atoms with Crippen molar-refractivity contribution in [3.05, 3.63) is 45.1 Å². The van der Waals surface area contributed by atoms with E-state index >= 15 is 4.39 Å². The van der Waals surface area contributed by atoms with Crippen molar-refractivity contribution in [2.45, 2.75) is 39.3 Å². The Balaban J connectivity index is 1.42. The minimum atomic E-state index is -0.612. The number of hydrogen-bond donors (Lipinski definition) is 2. The van der Waals surface area contributed by atoms with Crippen LogP contribution in [0.5, 0.6) is 0 Å². The summed E-state index contributed by atoms with van der Waals surface area (Å²) in [5.41, 5.74) is 0.594. The molecule has 2 aliphatic heterocycles. The number of rotatable bonds is 7. The number of nitro groups is 1. The fourth-order valence-corrected chi connectivity index (χ4v) is 5.34. The van der Waals surface area contributed by atoms with Gasteiger partial charge < -0.3 is 25.2 Å². The van der Waals surface area contributed by atoms with E-state index < -0.39 is 28.5 Å². The SMILES string of the molecule is CC(=O)NC[C@H]1CN(c2ccc(N3CCN(c4cc(C(=O)NC(C)(C)C)sc4[N+](=O)[O-])CC3)c(F)c2)C(=O)O1. The fraction of sp³-hybridized carbons (Fsp3) is 0.480. The first-order valence-electron chi connectivity index (χ1n) is 12.4. The monoisotopic (exact) mass is 562 g/mol. The average molecular weight is 563 g/mol. The Morgan fingerprint density at radius 2 is 1.79 bits per heavy atom. The topological polar surface area (TPSA) is 137 Å². The van der Waals surface area contributed by atoms with Gasteiger partial charge in [-0.05, 0) is 45.0 Å². The van der Waals surface area contributed by atoms with Crippen molar-refractivity contribution < 1.29 is 28.4 Å². The van der Waals surface area contributed by atoms with E-state index in [1.807, 2.05) is 30.6 Å². The first-order valence-corrected chi connectivity index (χ1v) is 13.3. The minimum Gasteiger partial charge on any atom is -0.442 e. The number of anilines is 3. The van der Waals surface area contributed by atoms with Gasteiger partial charge in [0, 0.05) is 38.6 Å². The predicted molar refractivity (Wildman–Crippen MR) is 145 cm³/mol. The first-order chi connectivity index (χ1) is 18.3. The van der Waals surface area contributed by atoms with Crippen molar-refractivity contribution in [3.8, 4) is 0 Å². The zero-order chi connectivity index (χ0) is 28.5. The van der Waals surface area contributed by atoms with Gasteiger partial charge in [0.05, 0.1) is 29.4 Å². The predicted octanol–water partition coefficient (Wildman–Crippen LogP) is 3.11. The number of hydrogen-bond acceptors (Lipinski definition) is 9. The molecule has 2 aromatic rings. The lowest BCUT2D eigenvalue weighted by atomic mass is 10.1. The van der Waals surface area contributed by atoms with E-state index in [2.05, 4.69) is 10.6 Å². The molecule has 14 heteroatoms. The van der Waals surface area contributed by atoms with Crippen molar-refractivity contribution in [3.63, 3.8) is 0 Å². The number of nitrogens with one attached hydrogen (secondary N) is 2. The number of thiophene rings is 1. The van der Waals surface area contributed by atoms with Crippen LogP contribution < -0.4 is 25.3 Å². The van der Waals surface area contributed by atoms with Crippen LogP contribution in [0.3, 0.4) is 0 Å². The zero-order valence-electron chi connectivity index (χ0n) is 22.2. The Labute approximate surface area is 228 Å². The molecular weight excluding hydrogens is 531 g/mol. The van der Waals surface area contributed by atoms with E-state index in [4.69, 9.17) is 4.74 Å². The van der Waals surface area contributed by atoms with Gasteiger partial charge in [0.2, 0.25) is 5.91 Å². The van der Waals surface area contributed by atoms with Crippen LogP contribution >= 0.6 is 11.3 Å². The summed E-state index contributed by atoms with van der Waals surface area (Å²) in [6.45, 7) is 8.81. The first kappa shape index (κ1) is 28.1. The van der Waals surface area contributed by atoms with Crippen molar-refractivity contribution >= 4 is 51.3 Å². The van der Waals surface area contributed by atoms with Crippen LogP contribution in [-0.4, -0.2) is 73.7 Å². The highest BCUT2D eigenvalue weighted by Gasteiger charge is 2.34.